The van der Waals surface area contributed by atoms with Crippen molar-refractivity contribution in [2.24, 2.45) is 0 Å². The third kappa shape index (κ3) is 3.23. The van der Waals surface area contributed by atoms with E-state index in [1.807, 2.05) is 48.5 Å². The molecule has 0 amide bonds. The molecule has 3 heterocycles. The molecule has 0 radical (unpaired) electrons. The summed E-state index contributed by atoms with van der Waals surface area (Å²) in [5.74, 6) is -0.0324. The maximum atomic E-state index is 13.2. The molecule has 0 bridgehead atoms. The van der Waals surface area contributed by atoms with E-state index in [0.717, 1.165) is 33.1 Å². The van der Waals surface area contributed by atoms with Gasteiger partial charge in [-0.15, -0.1) is 0 Å². The molecular weight excluding hydrogens is 360 g/mol. The minimum Gasteiger partial charge on any atom is -0.380 e. The summed E-state index contributed by atoms with van der Waals surface area (Å²) in [6.45, 7) is 0.616. The lowest BCUT2D eigenvalue weighted by Crippen LogP contribution is -2.07. The second-order valence-corrected chi connectivity index (χ2v) is 6.88. The van der Waals surface area contributed by atoms with Gasteiger partial charge in [-0.05, 0) is 42.0 Å². The summed E-state index contributed by atoms with van der Waals surface area (Å²) in [7, 11) is 0. The van der Waals surface area contributed by atoms with Crippen LogP contribution in [0.25, 0.3) is 21.8 Å². The number of aromatic amines is 1. The zero-order valence-electron chi connectivity index (χ0n) is 15.6. The molecule has 140 valence electrons. The van der Waals surface area contributed by atoms with Crippen molar-refractivity contribution in [2.45, 2.75) is 6.54 Å². The summed E-state index contributed by atoms with van der Waals surface area (Å²) in [6.07, 6.45) is 6.98. The van der Waals surface area contributed by atoms with Gasteiger partial charge >= 0.3 is 0 Å². The maximum Gasteiger partial charge on any atom is 0.197 e. The summed E-state index contributed by atoms with van der Waals surface area (Å²) in [5.41, 5.74) is 5.07. The van der Waals surface area contributed by atoms with Crippen molar-refractivity contribution in [3.63, 3.8) is 0 Å². The highest BCUT2D eigenvalue weighted by Crippen LogP contribution is 2.25. The number of fused-ring (bicyclic) bond motifs is 2. The van der Waals surface area contributed by atoms with Gasteiger partial charge in [0.25, 0.3) is 0 Å². The summed E-state index contributed by atoms with van der Waals surface area (Å²) in [6, 6.07) is 19.6. The molecule has 0 atom stereocenters. The smallest absolute Gasteiger partial charge is 0.197 e. The quantitative estimate of drug-likeness (QED) is 0.424. The van der Waals surface area contributed by atoms with Crippen molar-refractivity contribution >= 4 is 33.3 Å². The minimum atomic E-state index is -0.0324. The van der Waals surface area contributed by atoms with E-state index in [4.69, 9.17) is 0 Å². The number of hydrogen-bond donors (Lipinski definition) is 2. The molecular formula is C24H18N4O. The Morgan fingerprint density at radius 3 is 2.86 bits per heavy atom. The number of nitrogens with zero attached hydrogens (tertiary/aromatic N) is 2. The Balaban J connectivity index is 1.43. The van der Waals surface area contributed by atoms with Gasteiger partial charge in [-0.3, -0.25) is 14.8 Å². The van der Waals surface area contributed by atoms with E-state index in [-0.39, 0.29) is 5.78 Å². The van der Waals surface area contributed by atoms with E-state index in [9.17, 15) is 4.79 Å². The third-order valence-corrected chi connectivity index (χ3v) is 5.05. The Labute approximate surface area is 167 Å². The molecule has 0 aliphatic rings. The second-order valence-electron chi connectivity index (χ2n) is 6.88. The van der Waals surface area contributed by atoms with Gasteiger partial charge in [-0.1, -0.05) is 24.3 Å². The van der Waals surface area contributed by atoms with Crippen LogP contribution in [0.3, 0.4) is 0 Å². The average molecular weight is 378 g/mol. The molecule has 2 N–H and O–H groups in total. The number of anilines is 1. The van der Waals surface area contributed by atoms with E-state index in [1.165, 1.54) is 0 Å². The standard InChI is InChI=1S/C24H18N4O/c29-24(20-15-28-23-9-11-25-14-19(20)23)18-5-1-2-6-22(18)27-13-16-7-8-21-17(12-16)4-3-10-26-21/h1-12,14-15,27-28H,13H2. The fourth-order valence-corrected chi connectivity index (χ4v) is 3.56. The van der Waals surface area contributed by atoms with Crippen molar-refractivity contribution in [1.29, 1.82) is 0 Å². The van der Waals surface area contributed by atoms with Gasteiger partial charge in [0, 0.05) is 64.4 Å². The third-order valence-electron chi connectivity index (χ3n) is 5.05. The number of hydrogen-bond acceptors (Lipinski definition) is 4. The summed E-state index contributed by atoms with van der Waals surface area (Å²) < 4.78 is 0. The number of rotatable bonds is 5. The normalized spacial score (nSPS) is 11.0. The molecule has 0 spiro atoms. The highest BCUT2D eigenvalue weighted by atomic mass is 16.1. The first-order chi connectivity index (χ1) is 14.3. The van der Waals surface area contributed by atoms with Crippen LogP contribution < -0.4 is 5.32 Å². The molecule has 0 aliphatic heterocycles. The largest absolute Gasteiger partial charge is 0.380 e. The topological polar surface area (TPSA) is 70.7 Å². The number of nitrogens with one attached hydrogen (secondary N) is 2. The van der Waals surface area contributed by atoms with E-state index < -0.39 is 0 Å². The lowest BCUT2D eigenvalue weighted by molar-refractivity contribution is 0.104. The lowest BCUT2D eigenvalue weighted by atomic mass is 10.0. The first-order valence-electron chi connectivity index (χ1n) is 9.42. The van der Waals surface area contributed by atoms with Gasteiger partial charge in [0.1, 0.15) is 0 Å². The van der Waals surface area contributed by atoms with Gasteiger partial charge in [0.15, 0.2) is 5.78 Å². The van der Waals surface area contributed by atoms with Crippen molar-refractivity contribution in [1.82, 2.24) is 15.0 Å². The molecule has 0 fully saturated rings. The van der Waals surface area contributed by atoms with Gasteiger partial charge in [0.2, 0.25) is 0 Å². The zero-order chi connectivity index (χ0) is 19.6. The summed E-state index contributed by atoms with van der Waals surface area (Å²) >= 11 is 0. The number of pyridine rings is 2. The maximum absolute atomic E-state index is 13.2. The highest BCUT2D eigenvalue weighted by molar-refractivity contribution is 6.18. The molecule has 0 saturated carbocycles. The fraction of sp³-hybridized carbons (Fsp3) is 0.0417. The van der Waals surface area contributed by atoms with E-state index in [0.29, 0.717) is 17.7 Å². The molecule has 5 heteroatoms. The number of H-pyrrole nitrogens is 1. The minimum absolute atomic E-state index is 0.0324. The Hall–Kier alpha value is -3.99. The van der Waals surface area contributed by atoms with Crippen molar-refractivity contribution < 1.29 is 4.79 Å². The van der Waals surface area contributed by atoms with Crippen LogP contribution >= 0.6 is 0 Å². The SMILES string of the molecule is O=C(c1ccccc1NCc1ccc2ncccc2c1)c1c[nH]c2ccncc12. The predicted molar refractivity (Wildman–Crippen MR) is 115 cm³/mol. The molecule has 0 aliphatic carbocycles. The predicted octanol–water partition coefficient (Wildman–Crippen LogP) is 4.95. The molecule has 3 aromatic heterocycles. The summed E-state index contributed by atoms with van der Waals surface area (Å²) in [5, 5.41) is 5.35. The van der Waals surface area contributed by atoms with Crippen LogP contribution in [0.2, 0.25) is 0 Å². The van der Waals surface area contributed by atoms with Gasteiger partial charge in [0.05, 0.1) is 5.52 Å². The van der Waals surface area contributed by atoms with Crippen LogP contribution in [-0.2, 0) is 6.54 Å². The molecule has 5 rings (SSSR count). The molecule has 29 heavy (non-hydrogen) atoms. The monoisotopic (exact) mass is 378 g/mol. The van der Waals surface area contributed by atoms with Gasteiger partial charge < -0.3 is 10.3 Å². The van der Waals surface area contributed by atoms with Crippen LogP contribution in [0.1, 0.15) is 21.5 Å². The van der Waals surface area contributed by atoms with Crippen LogP contribution in [-0.4, -0.2) is 20.7 Å². The Morgan fingerprint density at radius 1 is 0.966 bits per heavy atom. The van der Waals surface area contributed by atoms with Gasteiger partial charge in [-0.25, -0.2) is 0 Å². The van der Waals surface area contributed by atoms with Crippen LogP contribution in [0.5, 0.6) is 0 Å². The van der Waals surface area contributed by atoms with Gasteiger partial charge in [-0.2, -0.15) is 0 Å². The molecule has 2 aromatic carbocycles. The first kappa shape index (κ1) is 17.1. The highest BCUT2D eigenvalue weighted by Gasteiger charge is 2.17. The first-order valence-corrected chi connectivity index (χ1v) is 9.42. The van der Waals surface area contributed by atoms with Crippen molar-refractivity contribution in [3.05, 3.63) is 102 Å². The Bertz CT molecular complexity index is 1340. The van der Waals surface area contributed by atoms with Crippen LogP contribution in [0.15, 0.2) is 85.5 Å². The zero-order valence-corrected chi connectivity index (χ0v) is 15.6. The lowest BCUT2D eigenvalue weighted by Gasteiger charge is -2.12. The van der Waals surface area contributed by atoms with E-state index >= 15 is 0 Å². The van der Waals surface area contributed by atoms with Crippen molar-refractivity contribution in [2.75, 3.05) is 5.32 Å². The van der Waals surface area contributed by atoms with Crippen LogP contribution in [0, 0.1) is 0 Å². The number of carbonyl (C=O) groups is 1. The average Bonchev–Trinajstić information content (AvgIpc) is 3.21. The van der Waals surface area contributed by atoms with Crippen molar-refractivity contribution in [3.8, 4) is 0 Å². The number of ketones is 1. The molecule has 5 nitrogen and oxygen atoms in total. The molecule has 0 unspecified atom stereocenters. The molecule has 5 aromatic rings. The Kier molecular flexibility index (Phi) is 4.26. The fourth-order valence-electron chi connectivity index (χ4n) is 3.56. The second kappa shape index (κ2) is 7.20. The number of benzene rings is 2. The van der Waals surface area contributed by atoms with E-state index in [1.54, 1.807) is 24.8 Å². The Morgan fingerprint density at radius 2 is 1.90 bits per heavy atom. The molecule has 0 saturated heterocycles. The number of para-hydroxylation sites is 1. The number of aromatic nitrogens is 3. The summed E-state index contributed by atoms with van der Waals surface area (Å²) in [4.78, 5) is 24.9. The number of carbonyl (C=O) groups excluding carboxylic acids is 1. The van der Waals surface area contributed by atoms with Crippen LogP contribution in [0.4, 0.5) is 5.69 Å². The van der Waals surface area contributed by atoms with E-state index in [2.05, 4.69) is 32.4 Å².